The van der Waals surface area contributed by atoms with Crippen LogP contribution in [-0.4, -0.2) is 17.1 Å². The first kappa shape index (κ1) is 15.5. The summed E-state index contributed by atoms with van der Waals surface area (Å²) in [4.78, 5) is 8.68. The van der Waals surface area contributed by atoms with Crippen molar-refractivity contribution in [3.63, 3.8) is 0 Å². The number of ether oxygens (including phenoxy) is 1. The topological polar surface area (TPSA) is 35.0 Å². The summed E-state index contributed by atoms with van der Waals surface area (Å²) in [5, 5.41) is 0.785. The first-order valence-corrected chi connectivity index (χ1v) is 7.67. The molecule has 0 unspecified atom stereocenters. The largest absolute Gasteiger partial charge is 0.496 e. The molecule has 0 fully saturated rings. The number of nitrogens with zero attached hydrogens (tertiary/aromatic N) is 2. The zero-order chi connectivity index (χ0) is 14.7. The minimum Gasteiger partial charge on any atom is -0.496 e. The normalized spacial score (nSPS) is 10.7. The zero-order valence-corrected chi connectivity index (χ0v) is 14.2. The highest BCUT2D eigenvalue weighted by molar-refractivity contribution is 9.10. The van der Waals surface area contributed by atoms with Crippen molar-refractivity contribution in [2.24, 2.45) is 0 Å². The molecule has 0 spiro atoms. The van der Waals surface area contributed by atoms with E-state index in [2.05, 4.69) is 32.8 Å². The number of methoxy groups -OCH3 is 1. The summed E-state index contributed by atoms with van der Waals surface area (Å²) in [6, 6.07) is 5.60. The Bertz CT molecular complexity index is 612. The molecule has 0 bridgehead atoms. The highest BCUT2D eigenvalue weighted by atomic mass is 79.9. The minimum absolute atomic E-state index is 0.392. The maximum absolute atomic E-state index is 6.21. The lowest BCUT2D eigenvalue weighted by atomic mass is 10.1. The van der Waals surface area contributed by atoms with Gasteiger partial charge in [0.05, 0.1) is 12.7 Å². The highest BCUT2D eigenvalue weighted by Crippen LogP contribution is 2.33. The number of rotatable bonds is 4. The summed E-state index contributed by atoms with van der Waals surface area (Å²) >= 11 is 15.8. The van der Waals surface area contributed by atoms with Gasteiger partial charge in [0.25, 0.3) is 0 Å². The van der Waals surface area contributed by atoms with Crippen LogP contribution in [0, 0.1) is 0 Å². The van der Waals surface area contributed by atoms with Gasteiger partial charge in [-0.15, -0.1) is 0 Å². The van der Waals surface area contributed by atoms with Crippen molar-refractivity contribution >= 4 is 39.1 Å². The van der Waals surface area contributed by atoms with Crippen LogP contribution in [0.5, 0.6) is 5.75 Å². The first-order chi connectivity index (χ1) is 9.56. The van der Waals surface area contributed by atoms with E-state index in [0.29, 0.717) is 21.9 Å². The molecule has 0 saturated heterocycles. The molecule has 0 aliphatic heterocycles. The van der Waals surface area contributed by atoms with E-state index in [4.69, 9.17) is 27.9 Å². The third-order valence-corrected chi connectivity index (χ3v) is 3.93. The van der Waals surface area contributed by atoms with Crippen LogP contribution in [0.3, 0.4) is 0 Å². The van der Waals surface area contributed by atoms with Gasteiger partial charge in [0, 0.05) is 10.0 Å². The number of benzene rings is 1. The van der Waals surface area contributed by atoms with Crippen molar-refractivity contribution in [3.8, 4) is 17.1 Å². The average Bonchev–Trinajstić information content (AvgIpc) is 2.42. The van der Waals surface area contributed by atoms with Gasteiger partial charge < -0.3 is 4.74 Å². The van der Waals surface area contributed by atoms with Crippen LogP contribution in [0.15, 0.2) is 22.7 Å². The Morgan fingerprint density at radius 3 is 2.40 bits per heavy atom. The molecule has 0 amide bonds. The summed E-state index contributed by atoms with van der Waals surface area (Å²) in [7, 11) is 1.60. The fourth-order valence-corrected chi connectivity index (χ4v) is 2.80. The second kappa shape index (κ2) is 6.74. The molecule has 1 aromatic heterocycles. The molecule has 2 aromatic rings. The predicted octanol–water partition coefficient (Wildman–Crippen LogP) is 5.17. The minimum atomic E-state index is 0.392. The van der Waals surface area contributed by atoms with Crippen LogP contribution >= 0.6 is 39.1 Å². The van der Waals surface area contributed by atoms with Crippen molar-refractivity contribution in [1.82, 2.24) is 9.97 Å². The van der Waals surface area contributed by atoms with Gasteiger partial charge in [-0.1, -0.05) is 52.5 Å². The molecule has 1 aromatic carbocycles. The molecule has 1 heterocycles. The van der Waals surface area contributed by atoms with Gasteiger partial charge in [-0.2, -0.15) is 0 Å². The van der Waals surface area contributed by atoms with E-state index in [0.717, 1.165) is 28.4 Å². The number of halogens is 3. The molecule has 2 rings (SSSR count). The summed E-state index contributed by atoms with van der Waals surface area (Å²) in [6.07, 6.45) is 1.69. The van der Waals surface area contributed by atoms with Crippen molar-refractivity contribution in [2.45, 2.75) is 19.8 Å². The monoisotopic (exact) mass is 374 g/mol. The molecule has 0 radical (unpaired) electrons. The maximum Gasteiger partial charge on any atom is 0.166 e. The van der Waals surface area contributed by atoms with Crippen LogP contribution in [0.4, 0.5) is 0 Å². The van der Waals surface area contributed by atoms with Gasteiger partial charge in [0.2, 0.25) is 0 Å². The third-order valence-electron chi connectivity index (χ3n) is 2.81. The van der Waals surface area contributed by atoms with E-state index < -0.39 is 0 Å². The Hall–Kier alpha value is -0.840. The molecule has 20 heavy (non-hydrogen) atoms. The maximum atomic E-state index is 6.21. The van der Waals surface area contributed by atoms with Crippen LogP contribution < -0.4 is 4.74 Å². The second-order valence-electron chi connectivity index (χ2n) is 4.20. The quantitative estimate of drug-likeness (QED) is 0.691. The third kappa shape index (κ3) is 3.25. The fourth-order valence-electron chi connectivity index (χ4n) is 1.86. The van der Waals surface area contributed by atoms with Crippen LogP contribution in [0.2, 0.25) is 10.3 Å². The lowest BCUT2D eigenvalue weighted by Crippen LogP contribution is -1.99. The number of hydrogen-bond donors (Lipinski definition) is 0. The van der Waals surface area contributed by atoms with Crippen molar-refractivity contribution < 1.29 is 4.74 Å². The molecule has 0 aliphatic carbocycles. The SMILES string of the molecule is CCCc1c(Cl)nc(-c2cc(Br)ccc2OC)nc1Cl. The van der Waals surface area contributed by atoms with Crippen molar-refractivity contribution in [1.29, 1.82) is 0 Å². The lowest BCUT2D eigenvalue weighted by molar-refractivity contribution is 0.416. The Morgan fingerprint density at radius 1 is 1.20 bits per heavy atom. The van der Waals surface area contributed by atoms with Crippen molar-refractivity contribution in [2.75, 3.05) is 7.11 Å². The van der Waals surface area contributed by atoms with Crippen LogP contribution in [-0.2, 0) is 6.42 Å². The molecular weight excluding hydrogens is 363 g/mol. The molecule has 6 heteroatoms. The number of hydrogen-bond acceptors (Lipinski definition) is 3. The van der Waals surface area contributed by atoms with Gasteiger partial charge in [0.1, 0.15) is 16.1 Å². The second-order valence-corrected chi connectivity index (χ2v) is 5.83. The van der Waals surface area contributed by atoms with Gasteiger partial charge in [-0.3, -0.25) is 0 Å². The van der Waals surface area contributed by atoms with E-state index in [9.17, 15) is 0 Å². The van der Waals surface area contributed by atoms with Gasteiger partial charge in [-0.25, -0.2) is 9.97 Å². The lowest BCUT2D eigenvalue weighted by Gasteiger charge is -2.10. The molecule has 0 N–H and O–H groups in total. The summed E-state index contributed by atoms with van der Waals surface area (Å²) in [5.74, 6) is 1.13. The van der Waals surface area contributed by atoms with Crippen molar-refractivity contribution in [3.05, 3.63) is 38.5 Å². The van der Waals surface area contributed by atoms with E-state index in [1.54, 1.807) is 7.11 Å². The Morgan fingerprint density at radius 2 is 1.85 bits per heavy atom. The molecule has 3 nitrogen and oxygen atoms in total. The van der Waals surface area contributed by atoms with E-state index >= 15 is 0 Å². The van der Waals surface area contributed by atoms with E-state index in [1.807, 2.05) is 18.2 Å². The molecular formula is C14H13BrCl2N2O. The Balaban J connectivity index is 2.56. The van der Waals surface area contributed by atoms with E-state index in [-0.39, 0.29) is 0 Å². The molecule has 0 atom stereocenters. The summed E-state index contributed by atoms with van der Waals surface area (Å²) in [5.41, 5.74) is 1.53. The number of aromatic nitrogens is 2. The Labute approximate surface area is 136 Å². The summed E-state index contributed by atoms with van der Waals surface area (Å²) in [6.45, 7) is 2.05. The zero-order valence-electron chi connectivity index (χ0n) is 11.1. The van der Waals surface area contributed by atoms with Crippen LogP contribution in [0.1, 0.15) is 18.9 Å². The molecule has 106 valence electrons. The van der Waals surface area contributed by atoms with Gasteiger partial charge in [0.15, 0.2) is 5.82 Å². The van der Waals surface area contributed by atoms with Gasteiger partial charge >= 0.3 is 0 Å². The molecule has 0 saturated carbocycles. The standard InChI is InChI=1S/C14H13BrCl2N2O/c1-3-4-9-12(16)18-14(19-13(9)17)10-7-8(15)5-6-11(10)20-2/h5-7H,3-4H2,1-2H3. The van der Waals surface area contributed by atoms with E-state index in [1.165, 1.54) is 0 Å². The first-order valence-electron chi connectivity index (χ1n) is 6.12. The Kier molecular flexibility index (Phi) is 5.24. The summed E-state index contributed by atoms with van der Waals surface area (Å²) < 4.78 is 6.23. The highest BCUT2D eigenvalue weighted by Gasteiger charge is 2.15. The smallest absolute Gasteiger partial charge is 0.166 e. The average molecular weight is 376 g/mol. The molecule has 0 aliphatic rings. The predicted molar refractivity (Wildman–Crippen MR) is 85.7 cm³/mol. The van der Waals surface area contributed by atoms with Gasteiger partial charge in [-0.05, 0) is 24.6 Å². The van der Waals surface area contributed by atoms with Crippen LogP contribution in [0.25, 0.3) is 11.4 Å². The fraction of sp³-hybridized carbons (Fsp3) is 0.286.